The van der Waals surface area contributed by atoms with Gasteiger partial charge in [-0.2, -0.15) is 0 Å². The SMILES string of the molecule is COC(=O)CC1CC(C(=O)OC(C)(C)C)(C(=O)OC(C)(C)C)c2ccc(N(C)C)cc21. The molecule has 172 valence electrons. The van der Waals surface area contributed by atoms with Gasteiger partial charge in [-0.1, -0.05) is 6.07 Å². The highest BCUT2D eigenvalue weighted by molar-refractivity contribution is 6.08. The molecule has 7 nitrogen and oxygen atoms in total. The fourth-order valence-electron chi connectivity index (χ4n) is 3.81. The van der Waals surface area contributed by atoms with Crippen LogP contribution in [0.1, 0.15) is 71.4 Å². The second kappa shape index (κ2) is 8.52. The first-order chi connectivity index (χ1) is 14.1. The lowest BCUT2D eigenvalue weighted by Crippen LogP contribution is -2.49. The van der Waals surface area contributed by atoms with Gasteiger partial charge in [0.25, 0.3) is 0 Å². The van der Waals surface area contributed by atoms with Crippen LogP contribution in [0.25, 0.3) is 0 Å². The monoisotopic (exact) mass is 433 g/mol. The van der Waals surface area contributed by atoms with Crippen LogP contribution in [0.5, 0.6) is 0 Å². The quantitative estimate of drug-likeness (QED) is 0.398. The van der Waals surface area contributed by atoms with Crippen molar-refractivity contribution in [2.24, 2.45) is 0 Å². The standard InChI is InChI=1S/C24H35NO6/c1-22(2,3)30-20(27)24(21(28)31-23(4,5)6)14-15(12-19(26)29-9)17-13-16(25(7)8)10-11-18(17)24/h10-11,13,15H,12,14H2,1-9H3. The van der Waals surface area contributed by atoms with E-state index < -0.39 is 34.5 Å². The maximum atomic E-state index is 13.5. The Hall–Kier alpha value is -2.57. The predicted octanol–water partition coefficient (Wildman–Crippen LogP) is 3.72. The van der Waals surface area contributed by atoms with Gasteiger partial charge in [-0.25, -0.2) is 0 Å². The maximum absolute atomic E-state index is 13.5. The second-order valence-corrected chi connectivity index (χ2v) is 10.3. The molecule has 1 aliphatic rings. The molecule has 31 heavy (non-hydrogen) atoms. The van der Waals surface area contributed by atoms with Gasteiger partial charge in [0.1, 0.15) is 11.2 Å². The molecule has 1 aromatic rings. The molecule has 0 heterocycles. The van der Waals surface area contributed by atoms with E-state index in [1.807, 2.05) is 31.1 Å². The summed E-state index contributed by atoms with van der Waals surface area (Å²) in [4.78, 5) is 41.2. The molecule has 0 aromatic heterocycles. The highest BCUT2D eigenvalue weighted by atomic mass is 16.6. The number of benzene rings is 1. The highest BCUT2D eigenvalue weighted by Crippen LogP contribution is 2.51. The topological polar surface area (TPSA) is 82.1 Å². The van der Waals surface area contributed by atoms with Gasteiger partial charge in [0, 0.05) is 19.8 Å². The molecular weight excluding hydrogens is 398 g/mol. The van der Waals surface area contributed by atoms with E-state index in [1.54, 1.807) is 47.6 Å². The third-order valence-electron chi connectivity index (χ3n) is 5.14. The van der Waals surface area contributed by atoms with E-state index in [0.29, 0.717) is 5.56 Å². The Morgan fingerprint density at radius 2 is 1.52 bits per heavy atom. The molecular formula is C24H35NO6. The fourth-order valence-corrected chi connectivity index (χ4v) is 3.81. The third-order valence-corrected chi connectivity index (χ3v) is 5.14. The summed E-state index contributed by atoms with van der Waals surface area (Å²) >= 11 is 0. The molecule has 0 N–H and O–H groups in total. The Kier molecular flexibility index (Phi) is 6.79. The molecule has 0 bridgehead atoms. The number of anilines is 1. The van der Waals surface area contributed by atoms with E-state index in [4.69, 9.17) is 14.2 Å². The minimum absolute atomic E-state index is 0.0493. The van der Waals surface area contributed by atoms with Crippen LogP contribution >= 0.6 is 0 Å². The molecule has 7 heteroatoms. The molecule has 0 aliphatic heterocycles. The molecule has 1 aliphatic carbocycles. The van der Waals surface area contributed by atoms with E-state index in [-0.39, 0.29) is 18.8 Å². The van der Waals surface area contributed by atoms with Crippen molar-refractivity contribution in [3.8, 4) is 0 Å². The molecule has 1 atom stereocenters. The zero-order valence-electron chi connectivity index (χ0n) is 20.1. The van der Waals surface area contributed by atoms with Crippen LogP contribution in [0.2, 0.25) is 0 Å². The van der Waals surface area contributed by atoms with Gasteiger partial charge in [-0.3, -0.25) is 14.4 Å². The van der Waals surface area contributed by atoms with Gasteiger partial charge in [-0.15, -0.1) is 0 Å². The van der Waals surface area contributed by atoms with Crippen molar-refractivity contribution in [3.05, 3.63) is 29.3 Å². The summed E-state index contributed by atoms with van der Waals surface area (Å²) in [6, 6.07) is 5.54. The van der Waals surface area contributed by atoms with E-state index in [1.165, 1.54) is 7.11 Å². The van der Waals surface area contributed by atoms with Crippen molar-refractivity contribution in [2.75, 3.05) is 26.1 Å². The molecule has 0 amide bonds. The van der Waals surface area contributed by atoms with E-state index in [9.17, 15) is 14.4 Å². The molecule has 1 aromatic carbocycles. The highest BCUT2D eigenvalue weighted by Gasteiger charge is 2.59. The molecule has 0 saturated carbocycles. The van der Waals surface area contributed by atoms with Crippen LogP contribution in [-0.4, -0.2) is 50.3 Å². The summed E-state index contributed by atoms with van der Waals surface area (Å²) in [5, 5.41) is 0. The first kappa shape index (κ1) is 24.7. The van der Waals surface area contributed by atoms with E-state index >= 15 is 0 Å². The first-order valence-corrected chi connectivity index (χ1v) is 10.5. The maximum Gasteiger partial charge on any atom is 0.328 e. The van der Waals surface area contributed by atoms with Crippen LogP contribution in [-0.2, 0) is 34.0 Å². The van der Waals surface area contributed by atoms with Gasteiger partial charge in [0.05, 0.1) is 13.5 Å². The number of ether oxygens (including phenoxy) is 3. The van der Waals surface area contributed by atoms with Crippen molar-refractivity contribution in [2.45, 2.75) is 76.9 Å². The molecule has 2 rings (SSSR count). The van der Waals surface area contributed by atoms with Gasteiger partial charge >= 0.3 is 17.9 Å². The fraction of sp³-hybridized carbons (Fsp3) is 0.625. The third kappa shape index (κ3) is 5.38. The lowest BCUT2D eigenvalue weighted by Gasteiger charge is -2.33. The number of hydrogen-bond acceptors (Lipinski definition) is 7. The van der Waals surface area contributed by atoms with Gasteiger partial charge in [0.2, 0.25) is 0 Å². The molecule has 0 fully saturated rings. The van der Waals surface area contributed by atoms with Crippen molar-refractivity contribution < 1.29 is 28.6 Å². The summed E-state index contributed by atoms with van der Waals surface area (Å²) < 4.78 is 16.3. The average molecular weight is 434 g/mol. The number of fused-ring (bicyclic) bond motifs is 1. The van der Waals surface area contributed by atoms with Crippen LogP contribution < -0.4 is 4.90 Å². The van der Waals surface area contributed by atoms with Crippen LogP contribution in [0.3, 0.4) is 0 Å². The molecule has 0 spiro atoms. The van der Waals surface area contributed by atoms with Crippen LogP contribution in [0, 0.1) is 0 Å². The average Bonchev–Trinajstić information content (AvgIpc) is 2.93. The summed E-state index contributed by atoms with van der Waals surface area (Å²) in [5.74, 6) is -2.13. The lowest BCUT2D eigenvalue weighted by atomic mass is 9.80. The van der Waals surface area contributed by atoms with Crippen LogP contribution in [0.4, 0.5) is 5.69 Å². The zero-order valence-corrected chi connectivity index (χ0v) is 20.1. The van der Waals surface area contributed by atoms with E-state index in [2.05, 4.69) is 0 Å². The summed E-state index contributed by atoms with van der Waals surface area (Å²) in [6.45, 7) is 10.5. The van der Waals surface area contributed by atoms with Crippen molar-refractivity contribution in [1.29, 1.82) is 0 Å². The van der Waals surface area contributed by atoms with Gasteiger partial charge < -0.3 is 19.1 Å². The summed E-state index contributed by atoms with van der Waals surface area (Å²) in [6.07, 6.45) is 0.131. The lowest BCUT2D eigenvalue weighted by molar-refractivity contribution is -0.178. The van der Waals surface area contributed by atoms with E-state index in [0.717, 1.165) is 11.3 Å². The normalized spacial score (nSPS) is 17.5. The number of methoxy groups -OCH3 is 1. The van der Waals surface area contributed by atoms with Crippen molar-refractivity contribution in [3.63, 3.8) is 0 Å². The Morgan fingerprint density at radius 1 is 1.00 bits per heavy atom. The number of hydrogen-bond donors (Lipinski definition) is 0. The van der Waals surface area contributed by atoms with Gasteiger partial charge in [-0.05, 0) is 77.1 Å². The number of carbonyl (C=O) groups excluding carboxylic acids is 3. The Morgan fingerprint density at radius 3 is 1.94 bits per heavy atom. The predicted molar refractivity (Wildman–Crippen MR) is 118 cm³/mol. The summed E-state index contributed by atoms with van der Waals surface area (Å²) in [7, 11) is 5.13. The molecule has 1 unspecified atom stereocenters. The van der Waals surface area contributed by atoms with Gasteiger partial charge in [0.15, 0.2) is 5.41 Å². The zero-order chi connectivity index (χ0) is 23.8. The largest absolute Gasteiger partial charge is 0.469 e. The van der Waals surface area contributed by atoms with Crippen molar-refractivity contribution in [1.82, 2.24) is 0 Å². The smallest absolute Gasteiger partial charge is 0.328 e. The molecule has 0 saturated heterocycles. The Labute approximate surface area is 185 Å². The number of esters is 3. The van der Waals surface area contributed by atoms with Crippen molar-refractivity contribution >= 4 is 23.6 Å². The van der Waals surface area contributed by atoms with Crippen LogP contribution in [0.15, 0.2) is 18.2 Å². The molecule has 0 radical (unpaired) electrons. The number of carbonyl (C=O) groups is 3. The second-order valence-electron chi connectivity index (χ2n) is 10.3. The number of rotatable bonds is 5. The Balaban J connectivity index is 2.71. The minimum atomic E-state index is -1.65. The summed E-state index contributed by atoms with van der Waals surface area (Å²) in [5.41, 5.74) is -1.06. The minimum Gasteiger partial charge on any atom is -0.469 e. The Bertz CT molecular complexity index is 832. The number of nitrogens with zero attached hydrogens (tertiary/aromatic N) is 1. The first-order valence-electron chi connectivity index (χ1n) is 10.5.